The number of likely N-dealkylation sites (N-methyl/N-ethyl adjacent to an activating group) is 1. The number of fused-ring (bicyclic) bond motifs is 1. The van der Waals surface area contributed by atoms with Gasteiger partial charge in [-0.2, -0.15) is 0 Å². The lowest BCUT2D eigenvalue weighted by Crippen LogP contribution is -2.60. The van der Waals surface area contributed by atoms with Crippen LogP contribution in [0.3, 0.4) is 0 Å². The number of hydrogen-bond acceptors (Lipinski definition) is 8. The molecule has 1 saturated heterocycles. The number of amides is 5. The van der Waals surface area contributed by atoms with Crippen LogP contribution < -0.4 is 15.3 Å². The van der Waals surface area contributed by atoms with E-state index in [1.165, 1.54) is 23.1 Å². The molecule has 2 heterocycles. The van der Waals surface area contributed by atoms with E-state index in [1.54, 1.807) is 6.92 Å². The number of urea groups is 1. The Morgan fingerprint density at radius 1 is 1.12 bits per heavy atom. The Kier molecular flexibility index (Phi) is 8.68. The van der Waals surface area contributed by atoms with Crippen LogP contribution in [0.15, 0.2) is 30.3 Å². The Morgan fingerprint density at radius 3 is 2.45 bits per heavy atom. The van der Waals surface area contributed by atoms with Gasteiger partial charge in [0, 0.05) is 25.2 Å². The molecule has 1 fully saturated rings. The minimum atomic E-state index is -1.94. The maximum Gasteiger partial charge on any atom is 0.547 e. The molecule has 1 unspecified atom stereocenters. The Balaban J connectivity index is 1.64. The molecule has 14 nitrogen and oxygen atoms in total. The summed E-state index contributed by atoms with van der Waals surface area (Å²) < 4.78 is 20.5. The molecular weight excluding hydrogens is 582 g/mol. The number of nitrogens with one attached hydrogen (secondary N) is 2. The SMILES string of the molecule is CCN1CCN(C(=O)NC(C(=O)N[C@H]2Cc3cccc(C(=O)O)c3OB2O)c2cc(Cl)c(C(=O)O)cc2F)C(=O)C1=O. The van der Waals surface area contributed by atoms with E-state index in [4.69, 9.17) is 16.3 Å². The first kappa shape index (κ1) is 30.3. The van der Waals surface area contributed by atoms with Crippen LogP contribution in [0.4, 0.5) is 9.18 Å². The number of carbonyl (C=O) groups excluding carboxylic acids is 4. The smallest absolute Gasteiger partial charge is 0.534 e. The molecule has 2 aromatic carbocycles. The van der Waals surface area contributed by atoms with E-state index in [1.807, 2.05) is 0 Å². The van der Waals surface area contributed by atoms with Gasteiger partial charge in [0.2, 0.25) is 5.91 Å². The first-order valence-corrected chi connectivity index (χ1v) is 12.9. The first-order chi connectivity index (χ1) is 19.8. The fourth-order valence-electron chi connectivity index (χ4n) is 4.59. The van der Waals surface area contributed by atoms with Crippen LogP contribution in [-0.4, -0.2) is 93.4 Å². The van der Waals surface area contributed by atoms with Crippen molar-refractivity contribution in [1.82, 2.24) is 20.4 Å². The lowest BCUT2D eigenvalue weighted by molar-refractivity contribution is -0.153. The maximum absolute atomic E-state index is 15.2. The summed E-state index contributed by atoms with van der Waals surface area (Å²) in [6.45, 7) is 1.65. The highest BCUT2D eigenvalue weighted by Crippen LogP contribution is 2.31. The molecular formula is C25H23BClFN4O10. The van der Waals surface area contributed by atoms with Gasteiger partial charge in [-0.05, 0) is 37.1 Å². The average Bonchev–Trinajstić information content (AvgIpc) is 2.94. The summed E-state index contributed by atoms with van der Waals surface area (Å²) in [6.07, 6.45) is -0.128. The van der Waals surface area contributed by atoms with E-state index in [0.717, 1.165) is 6.07 Å². The molecule has 0 aliphatic carbocycles. The quantitative estimate of drug-likeness (QED) is 0.218. The third kappa shape index (κ3) is 5.85. The zero-order valence-corrected chi connectivity index (χ0v) is 22.6. The molecule has 2 aliphatic rings. The second-order valence-electron chi connectivity index (χ2n) is 9.31. The van der Waals surface area contributed by atoms with Gasteiger partial charge in [-0.3, -0.25) is 19.3 Å². The molecule has 2 atom stereocenters. The van der Waals surface area contributed by atoms with Crippen LogP contribution in [0.1, 0.15) is 44.8 Å². The molecule has 5 amide bonds. The maximum atomic E-state index is 15.2. The molecule has 5 N–H and O–H groups in total. The summed E-state index contributed by atoms with van der Waals surface area (Å²) in [4.78, 5) is 76.1. The Morgan fingerprint density at radius 2 is 1.81 bits per heavy atom. The number of aromatic carboxylic acids is 2. The number of piperazine rings is 1. The number of imide groups is 1. The summed E-state index contributed by atoms with van der Waals surface area (Å²) in [5, 5.41) is 33.3. The molecule has 0 spiro atoms. The number of benzene rings is 2. The van der Waals surface area contributed by atoms with Crippen LogP contribution >= 0.6 is 11.6 Å². The number of carbonyl (C=O) groups is 6. The summed E-state index contributed by atoms with van der Waals surface area (Å²) in [5.74, 6) is -8.70. The van der Waals surface area contributed by atoms with Crippen molar-refractivity contribution < 1.29 is 53.0 Å². The van der Waals surface area contributed by atoms with E-state index >= 15 is 4.39 Å². The number of carboxylic acid groups (broad SMARTS) is 2. The van der Waals surface area contributed by atoms with Crippen molar-refractivity contribution in [3.8, 4) is 5.75 Å². The van der Waals surface area contributed by atoms with Crippen molar-refractivity contribution in [1.29, 1.82) is 0 Å². The molecule has 0 bridgehead atoms. The van der Waals surface area contributed by atoms with E-state index in [9.17, 15) is 44.0 Å². The second kappa shape index (κ2) is 12.0. The molecule has 2 aliphatic heterocycles. The number of para-hydroxylation sites is 1. The summed E-state index contributed by atoms with van der Waals surface area (Å²) >= 11 is 6.00. The minimum Gasteiger partial charge on any atom is -0.534 e. The van der Waals surface area contributed by atoms with Gasteiger partial charge in [0.15, 0.2) is 0 Å². The molecule has 4 rings (SSSR count). The molecule has 42 heavy (non-hydrogen) atoms. The largest absolute Gasteiger partial charge is 0.547 e. The van der Waals surface area contributed by atoms with Gasteiger partial charge in [0.25, 0.3) is 0 Å². The van der Waals surface area contributed by atoms with Gasteiger partial charge in [-0.15, -0.1) is 0 Å². The van der Waals surface area contributed by atoms with E-state index in [-0.39, 0.29) is 37.4 Å². The Hall–Kier alpha value is -4.70. The molecule has 2 aromatic rings. The summed E-state index contributed by atoms with van der Waals surface area (Å²) in [5.41, 5.74) is -1.11. The molecule has 0 saturated carbocycles. The number of nitrogens with zero attached hydrogens (tertiary/aromatic N) is 2. The fourth-order valence-corrected chi connectivity index (χ4v) is 4.84. The van der Waals surface area contributed by atoms with Gasteiger partial charge in [0.05, 0.1) is 22.1 Å². The molecule has 0 aromatic heterocycles. The average molecular weight is 605 g/mol. The zero-order chi connectivity index (χ0) is 30.9. The monoisotopic (exact) mass is 604 g/mol. The highest BCUT2D eigenvalue weighted by atomic mass is 35.5. The topological polar surface area (TPSA) is 203 Å². The Labute approximate surface area is 242 Å². The summed E-state index contributed by atoms with van der Waals surface area (Å²) in [7, 11) is -1.76. The van der Waals surface area contributed by atoms with Gasteiger partial charge in [-0.1, -0.05) is 23.7 Å². The van der Waals surface area contributed by atoms with Crippen molar-refractivity contribution in [2.45, 2.75) is 25.3 Å². The first-order valence-electron chi connectivity index (χ1n) is 12.5. The van der Waals surface area contributed by atoms with E-state index in [2.05, 4.69) is 10.6 Å². The number of rotatable bonds is 7. The van der Waals surface area contributed by atoms with Crippen molar-refractivity contribution >= 4 is 54.4 Å². The van der Waals surface area contributed by atoms with E-state index in [0.29, 0.717) is 16.5 Å². The number of hydrogen-bond donors (Lipinski definition) is 5. The standard InChI is InChI=1S/C25H23BClFN4O10/c1-2-31-6-7-32(22(35)21(31)34)25(40)30-18(14-9-15(27)13(24(38)39)10-16(14)28)20(33)29-17-8-11-4-3-5-12(23(36)37)19(11)42-26(17)41/h3-5,9-10,17-18,41H,2,6-8H2,1H3,(H,29,33)(H,30,40)(H,36,37)(H,38,39)/t17-,18?/m0/s1. The van der Waals surface area contributed by atoms with Crippen LogP contribution in [0.5, 0.6) is 5.75 Å². The number of carboxylic acids is 2. The van der Waals surface area contributed by atoms with Gasteiger partial charge >= 0.3 is 36.9 Å². The van der Waals surface area contributed by atoms with Crippen molar-refractivity contribution in [3.63, 3.8) is 0 Å². The van der Waals surface area contributed by atoms with Crippen LogP contribution in [0.2, 0.25) is 5.02 Å². The fraction of sp³-hybridized carbons (Fsp3) is 0.280. The third-order valence-corrected chi connectivity index (χ3v) is 7.08. The van der Waals surface area contributed by atoms with Crippen molar-refractivity contribution in [3.05, 3.63) is 63.4 Å². The Bertz CT molecular complexity index is 1510. The lowest BCUT2D eigenvalue weighted by Gasteiger charge is -2.33. The minimum absolute atomic E-state index is 0.0161. The zero-order valence-electron chi connectivity index (χ0n) is 21.8. The highest BCUT2D eigenvalue weighted by molar-refractivity contribution is 6.47. The van der Waals surface area contributed by atoms with Crippen LogP contribution in [0, 0.1) is 5.82 Å². The van der Waals surface area contributed by atoms with Gasteiger partial charge < -0.3 is 35.4 Å². The predicted molar refractivity (Wildman–Crippen MR) is 141 cm³/mol. The predicted octanol–water partition coefficient (Wildman–Crippen LogP) is 0.457. The second-order valence-corrected chi connectivity index (χ2v) is 9.72. The van der Waals surface area contributed by atoms with Gasteiger partial charge in [0.1, 0.15) is 17.6 Å². The van der Waals surface area contributed by atoms with Crippen LogP contribution in [-0.2, 0) is 20.8 Å². The van der Waals surface area contributed by atoms with Crippen LogP contribution in [0.25, 0.3) is 0 Å². The molecule has 17 heteroatoms. The van der Waals surface area contributed by atoms with Crippen molar-refractivity contribution in [2.24, 2.45) is 0 Å². The molecule has 220 valence electrons. The normalized spacial score (nSPS) is 17.2. The summed E-state index contributed by atoms with van der Waals surface area (Å²) in [6, 6.07) is 2.40. The molecule has 0 radical (unpaired) electrons. The van der Waals surface area contributed by atoms with Crippen molar-refractivity contribution in [2.75, 3.05) is 19.6 Å². The highest BCUT2D eigenvalue weighted by Gasteiger charge is 2.41. The van der Waals surface area contributed by atoms with E-state index < -0.39 is 76.8 Å². The lowest BCUT2D eigenvalue weighted by atomic mass is 9.72. The third-order valence-electron chi connectivity index (χ3n) is 6.77. The number of halogens is 2. The van der Waals surface area contributed by atoms with Gasteiger partial charge in [-0.25, -0.2) is 18.8 Å².